The first kappa shape index (κ1) is 28.3. The summed E-state index contributed by atoms with van der Waals surface area (Å²) < 4.78 is 28.7. The molecule has 1 atom stereocenters. The minimum absolute atomic E-state index is 0.0915. The number of sulfonamides is 1. The largest absolute Gasteiger partial charge is 0.357 e. The average molecular weight is 540 g/mol. The van der Waals surface area contributed by atoms with Crippen molar-refractivity contribution in [1.29, 1.82) is 0 Å². The molecule has 3 aromatic carbocycles. The number of carbonyl (C=O) groups is 2. The molecule has 2 amide bonds. The van der Waals surface area contributed by atoms with E-state index in [1.54, 1.807) is 55.5 Å². The van der Waals surface area contributed by atoms with Crippen LogP contribution in [0.1, 0.15) is 18.1 Å². The Morgan fingerprint density at radius 3 is 2.14 bits per heavy atom. The van der Waals surface area contributed by atoms with Crippen LogP contribution in [0.3, 0.4) is 0 Å². The van der Waals surface area contributed by atoms with Crippen molar-refractivity contribution < 1.29 is 18.0 Å². The molecular formula is C28H33N3O4S2. The van der Waals surface area contributed by atoms with Crippen LogP contribution < -0.4 is 9.62 Å². The predicted molar refractivity (Wildman–Crippen MR) is 149 cm³/mol. The maximum Gasteiger partial charge on any atom is 0.264 e. The minimum atomic E-state index is -4.06. The molecule has 3 aromatic rings. The SMILES string of the molecule is CNC(=O)[C@H](C)N(CCc1ccccc1)C(=O)CN(c1ccc(C)cc1)S(=O)(=O)c1ccc(SC)cc1. The van der Waals surface area contributed by atoms with Gasteiger partial charge in [-0.25, -0.2) is 8.42 Å². The lowest BCUT2D eigenvalue weighted by molar-refractivity contribution is -0.138. The molecule has 9 heteroatoms. The Morgan fingerprint density at radius 2 is 1.57 bits per heavy atom. The fraction of sp³-hybridized carbons (Fsp3) is 0.286. The van der Waals surface area contributed by atoms with Gasteiger partial charge in [-0.2, -0.15) is 0 Å². The van der Waals surface area contributed by atoms with Gasteiger partial charge in [-0.1, -0.05) is 48.0 Å². The highest BCUT2D eigenvalue weighted by atomic mass is 32.2. The van der Waals surface area contributed by atoms with Crippen LogP contribution in [0, 0.1) is 6.92 Å². The summed E-state index contributed by atoms with van der Waals surface area (Å²) in [5.41, 5.74) is 2.36. The molecule has 0 radical (unpaired) electrons. The monoisotopic (exact) mass is 539 g/mol. The Morgan fingerprint density at radius 1 is 0.946 bits per heavy atom. The fourth-order valence-corrected chi connectivity index (χ4v) is 5.72. The van der Waals surface area contributed by atoms with Crippen molar-refractivity contribution in [3.63, 3.8) is 0 Å². The summed E-state index contributed by atoms with van der Waals surface area (Å²) >= 11 is 1.51. The lowest BCUT2D eigenvalue weighted by Gasteiger charge is -2.31. The molecule has 0 fully saturated rings. The van der Waals surface area contributed by atoms with Crippen LogP contribution in [0.4, 0.5) is 5.69 Å². The summed E-state index contributed by atoms with van der Waals surface area (Å²) in [7, 11) is -2.55. The topological polar surface area (TPSA) is 86.8 Å². The van der Waals surface area contributed by atoms with E-state index < -0.39 is 28.5 Å². The van der Waals surface area contributed by atoms with E-state index in [0.717, 1.165) is 20.3 Å². The first-order valence-corrected chi connectivity index (χ1v) is 14.6. The quantitative estimate of drug-likeness (QED) is 0.371. The standard InChI is InChI=1S/C28H33N3O4S2/c1-21-10-12-24(13-11-21)31(37(34,35)26-16-14-25(36-4)15-17-26)20-27(32)30(22(2)28(33)29-3)19-18-23-8-6-5-7-9-23/h5-17,22H,18-20H2,1-4H3,(H,29,33)/t22-/m0/s1. The van der Waals surface area contributed by atoms with Crippen LogP contribution >= 0.6 is 11.8 Å². The number of carbonyl (C=O) groups excluding carboxylic acids is 2. The summed E-state index contributed by atoms with van der Waals surface area (Å²) in [5, 5.41) is 2.59. The highest BCUT2D eigenvalue weighted by Gasteiger charge is 2.32. The summed E-state index contributed by atoms with van der Waals surface area (Å²) in [6.07, 6.45) is 2.44. The molecule has 3 rings (SSSR count). The van der Waals surface area contributed by atoms with Gasteiger partial charge in [-0.15, -0.1) is 11.8 Å². The zero-order chi connectivity index (χ0) is 27.0. The maximum absolute atomic E-state index is 13.8. The van der Waals surface area contributed by atoms with Crippen molar-refractivity contribution in [2.45, 2.75) is 36.1 Å². The van der Waals surface area contributed by atoms with Gasteiger partial charge in [0, 0.05) is 18.5 Å². The highest BCUT2D eigenvalue weighted by molar-refractivity contribution is 7.98. The molecule has 0 aliphatic heterocycles. The van der Waals surface area contributed by atoms with Gasteiger partial charge >= 0.3 is 0 Å². The number of amides is 2. The summed E-state index contributed by atoms with van der Waals surface area (Å²) in [6, 6.07) is 22.4. The van der Waals surface area contributed by atoms with Gasteiger partial charge in [0.1, 0.15) is 12.6 Å². The molecule has 0 saturated carbocycles. The first-order chi connectivity index (χ1) is 17.7. The van der Waals surface area contributed by atoms with Crippen molar-refractivity contribution in [2.75, 3.05) is 30.7 Å². The van der Waals surface area contributed by atoms with Crippen molar-refractivity contribution in [1.82, 2.24) is 10.2 Å². The molecule has 196 valence electrons. The van der Waals surface area contributed by atoms with Crippen LogP contribution in [-0.4, -0.2) is 57.6 Å². The second kappa shape index (κ2) is 12.8. The Kier molecular flexibility index (Phi) is 9.77. The second-order valence-corrected chi connectivity index (χ2v) is 11.4. The Hall–Kier alpha value is -3.30. The van der Waals surface area contributed by atoms with Crippen molar-refractivity contribution >= 4 is 39.3 Å². The molecule has 7 nitrogen and oxygen atoms in total. The first-order valence-electron chi connectivity index (χ1n) is 12.0. The van der Waals surface area contributed by atoms with Crippen LogP contribution in [0.15, 0.2) is 88.7 Å². The van der Waals surface area contributed by atoms with Crippen LogP contribution in [0.5, 0.6) is 0 Å². The molecule has 37 heavy (non-hydrogen) atoms. The van der Waals surface area contributed by atoms with Crippen molar-refractivity contribution in [3.05, 3.63) is 90.0 Å². The number of benzene rings is 3. The van der Waals surface area contributed by atoms with Crippen LogP contribution in [0.2, 0.25) is 0 Å². The Bertz CT molecular complexity index is 1300. The number of nitrogens with one attached hydrogen (secondary N) is 1. The van der Waals surface area contributed by atoms with Gasteiger partial charge in [-0.3, -0.25) is 13.9 Å². The van der Waals surface area contributed by atoms with Crippen molar-refractivity contribution in [3.8, 4) is 0 Å². The Balaban J connectivity index is 1.96. The number of likely N-dealkylation sites (N-methyl/N-ethyl adjacent to an activating group) is 1. The third-order valence-electron chi connectivity index (χ3n) is 6.15. The molecule has 0 bridgehead atoms. The molecular weight excluding hydrogens is 506 g/mol. The van der Waals surface area contributed by atoms with Gasteiger partial charge in [-0.05, 0) is 68.5 Å². The van der Waals surface area contributed by atoms with E-state index in [1.807, 2.05) is 43.5 Å². The molecule has 0 spiro atoms. The third-order valence-corrected chi connectivity index (χ3v) is 8.68. The van der Waals surface area contributed by atoms with Gasteiger partial charge in [0.05, 0.1) is 10.6 Å². The highest BCUT2D eigenvalue weighted by Crippen LogP contribution is 2.26. The summed E-state index contributed by atoms with van der Waals surface area (Å²) in [6.45, 7) is 3.38. The van der Waals surface area contributed by atoms with E-state index in [4.69, 9.17) is 0 Å². The molecule has 0 saturated heterocycles. The zero-order valence-corrected chi connectivity index (χ0v) is 23.2. The fourth-order valence-electron chi connectivity index (χ4n) is 3.89. The van der Waals surface area contributed by atoms with Gasteiger partial charge in [0.2, 0.25) is 11.8 Å². The van der Waals surface area contributed by atoms with Gasteiger partial charge in [0.25, 0.3) is 10.0 Å². The second-order valence-electron chi connectivity index (χ2n) is 8.64. The predicted octanol–water partition coefficient (Wildman–Crippen LogP) is 4.12. The van der Waals surface area contributed by atoms with E-state index >= 15 is 0 Å². The molecule has 0 aromatic heterocycles. The van der Waals surface area contributed by atoms with Gasteiger partial charge < -0.3 is 10.2 Å². The van der Waals surface area contributed by atoms with Crippen LogP contribution in [0.25, 0.3) is 0 Å². The third kappa shape index (κ3) is 7.14. The minimum Gasteiger partial charge on any atom is -0.357 e. The van der Waals surface area contributed by atoms with E-state index in [0.29, 0.717) is 12.1 Å². The number of aryl methyl sites for hydroxylation is 1. The lowest BCUT2D eigenvalue weighted by Crippen LogP contribution is -2.51. The number of anilines is 1. The zero-order valence-electron chi connectivity index (χ0n) is 21.5. The molecule has 0 unspecified atom stereocenters. The average Bonchev–Trinajstić information content (AvgIpc) is 2.92. The molecule has 0 aliphatic carbocycles. The van der Waals surface area contributed by atoms with Crippen LogP contribution in [-0.2, 0) is 26.0 Å². The smallest absolute Gasteiger partial charge is 0.264 e. The normalized spacial score (nSPS) is 12.0. The van der Waals surface area contributed by atoms with E-state index in [2.05, 4.69) is 5.32 Å². The number of thioether (sulfide) groups is 1. The molecule has 0 heterocycles. The maximum atomic E-state index is 13.8. The summed E-state index contributed by atoms with van der Waals surface area (Å²) in [5.74, 6) is -0.782. The number of hydrogen-bond acceptors (Lipinski definition) is 5. The molecule has 1 N–H and O–H groups in total. The lowest BCUT2D eigenvalue weighted by atomic mass is 10.1. The number of rotatable bonds is 11. The van der Waals surface area contributed by atoms with E-state index in [9.17, 15) is 18.0 Å². The number of hydrogen-bond donors (Lipinski definition) is 1. The van der Waals surface area contributed by atoms with E-state index in [1.165, 1.54) is 23.7 Å². The van der Waals surface area contributed by atoms with Gasteiger partial charge in [0.15, 0.2) is 0 Å². The molecule has 0 aliphatic rings. The summed E-state index contributed by atoms with van der Waals surface area (Å²) in [4.78, 5) is 28.7. The van der Waals surface area contributed by atoms with E-state index in [-0.39, 0.29) is 17.3 Å². The number of nitrogens with zero attached hydrogens (tertiary/aromatic N) is 2. The van der Waals surface area contributed by atoms with Crippen molar-refractivity contribution in [2.24, 2.45) is 0 Å². The Labute approximate surface area is 223 Å².